The van der Waals surface area contributed by atoms with Crippen molar-refractivity contribution in [1.29, 1.82) is 0 Å². The average molecular weight is 345 g/mol. The molecule has 0 aliphatic carbocycles. The van der Waals surface area contributed by atoms with E-state index in [9.17, 15) is 0 Å². The summed E-state index contributed by atoms with van der Waals surface area (Å²) < 4.78 is 1.18. The smallest absolute Gasteiger partial charge is 0.0508 e. The molecule has 0 aromatic heterocycles. The minimum atomic E-state index is 0.695. The molecule has 0 saturated carbocycles. The standard InChI is InChI=1S/C15H25BrN2S/c1-12(2)10-17-11-13-5-6-15(14(16)9-13)18(3)7-8-19-4/h5-6,9,12,17H,7-8,10-11H2,1-4H3. The van der Waals surface area contributed by atoms with Crippen LogP contribution in [0.3, 0.4) is 0 Å². The van der Waals surface area contributed by atoms with Gasteiger partial charge in [0, 0.05) is 30.4 Å². The highest BCUT2D eigenvalue weighted by Crippen LogP contribution is 2.26. The summed E-state index contributed by atoms with van der Waals surface area (Å²) in [6.45, 7) is 7.53. The molecule has 0 saturated heterocycles. The van der Waals surface area contributed by atoms with E-state index >= 15 is 0 Å². The summed E-state index contributed by atoms with van der Waals surface area (Å²) in [6.07, 6.45) is 2.15. The zero-order valence-electron chi connectivity index (χ0n) is 12.4. The third-order valence-corrected chi connectivity index (χ3v) is 4.16. The maximum Gasteiger partial charge on any atom is 0.0508 e. The zero-order valence-corrected chi connectivity index (χ0v) is 14.8. The Morgan fingerprint density at radius 1 is 1.37 bits per heavy atom. The van der Waals surface area contributed by atoms with Crippen LogP contribution in [0.5, 0.6) is 0 Å². The molecule has 1 aromatic rings. The quantitative estimate of drug-likeness (QED) is 0.767. The number of benzene rings is 1. The molecule has 0 amide bonds. The van der Waals surface area contributed by atoms with Crippen LogP contribution in [-0.4, -0.2) is 32.1 Å². The summed E-state index contributed by atoms with van der Waals surface area (Å²) in [7, 11) is 2.15. The molecule has 0 aliphatic heterocycles. The lowest BCUT2D eigenvalue weighted by Crippen LogP contribution is -2.21. The van der Waals surface area contributed by atoms with Gasteiger partial charge in [0.1, 0.15) is 0 Å². The number of anilines is 1. The van der Waals surface area contributed by atoms with Crippen LogP contribution >= 0.6 is 27.7 Å². The summed E-state index contributed by atoms with van der Waals surface area (Å²) in [5, 5.41) is 3.47. The minimum Gasteiger partial charge on any atom is -0.373 e. The fourth-order valence-electron chi connectivity index (χ4n) is 1.82. The first-order valence-electron chi connectivity index (χ1n) is 6.73. The summed E-state index contributed by atoms with van der Waals surface area (Å²) >= 11 is 5.56. The van der Waals surface area contributed by atoms with Gasteiger partial charge in [-0.1, -0.05) is 19.9 Å². The molecule has 0 radical (unpaired) electrons. The molecule has 0 aliphatic rings. The highest BCUT2D eigenvalue weighted by molar-refractivity contribution is 9.10. The van der Waals surface area contributed by atoms with E-state index in [1.807, 2.05) is 11.8 Å². The van der Waals surface area contributed by atoms with E-state index in [-0.39, 0.29) is 0 Å². The van der Waals surface area contributed by atoms with Gasteiger partial charge in [-0.2, -0.15) is 11.8 Å². The summed E-state index contributed by atoms with van der Waals surface area (Å²) in [5.74, 6) is 1.85. The molecular formula is C15H25BrN2S. The Bertz CT molecular complexity index is 382. The van der Waals surface area contributed by atoms with Crippen LogP contribution in [0, 0.1) is 5.92 Å². The van der Waals surface area contributed by atoms with Crippen LogP contribution in [0.1, 0.15) is 19.4 Å². The van der Waals surface area contributed by atoms with Gasteiger partial charge >= 0.3 is 0 Å². The number of halogens is 1. The Morgan fingerprint density at radius 2 is 2.11 bits per heavy atom. The van der Waals surface area contributed by atoms with Gasteiger partial charge in [0.25, 0.3) is 0 Å². The molecule has 108 valence electrons. The first kappa shape index (κ1) is 16.9. The first-order valence-corrected chi connectivity index (χ1v) is 8.92. The summed E-state index contributed by atoms with van der Waals surface area (Å²) in [6, 6.07) is 6.64. The van der Waals surface area contributed by atoms with Gasteiger partial charge in [-0.25, -0.2) is 0 Å². The molecule has 0 spiro atoms. The zero-order chi connectivity index (χ0) is 14.3. The predicted octanol–water partition coefficient (Wildman–Crippen LogP) is 3.99. The predicted molar refractivity (Wildman–Crippen MR) is 92.3 cm³/mol. The van der Waals surface area contributed by atoms with Crippen molar-refractivity contribution in [3.05, 3.63) is 28.2 Å². The van der Waals surface area contributed by atoms with E-state index in [2.05, 4.69) is 71.5 Å². The van der Waals surface area contributed by atoms with Gasteiger partial charge in [-0.3, -0.25) is 0 Å². The Labute approximate surface area is 130 Å². The Balaban J connectivity index is 2.58. The van der Waals surface area contributed by atoms with Crippen molar-refractivity contribution in [3.63, 3.8) is 0 Å². The molecule has 0 bridgehead atoms. The first-order chi connectivity index (χ1) is 9.04. The van der Waals surface area contributed by atoms with Crippen molar-refractivity contribution in [2.24, 2.45) is 5.92 Å². The van der Waals surface area contributed by atoms with Crippen molar-refractivity contribution in [3.8, 4) is 0 Å². The molecule has 19 heavy (non-hydrogen) atoms. The second-order valence-electron chi connectivity index (χ2n) is 5.22. The number of nitrogens with one attached hydrogen (secondary N) is 1. The second-order valence-corrected chi connectivity index (χ2v) is 7.06. The Hall–Kier alpha value is -0.190. The van der Waals surface area contributed by atoms with E-state index < -0.39 is 0 Å². The monoisotopic (exact) mass is 344 g/mol. The van der Waals surface area contributed by atoms with Crippen LogP contribution in [0.4, 0.5) is 5.69 Å². The van der Waals surface area contributed by atoms with Crippen LogP contribution in [-0.2, 0) is 6.54 Å². The van der Waals surface area contributed by atoms with Crippen LogP contribution < -0.4 is 10.2 Å². The molecule has 4 heteroatoms. The summed E-state index contributed by atoms with van der Waals surface area (Å²) in [4.78, 5) is 2.30. The van der Waals surface area contributed by atoms with E-state index in [0.717, 1.165) is 25.4 Å². The van der Waals surface area contributed by atoms with Crippen molar-refractivity contribution in [2.45, 2.75) is 20.4 Å². The highest BCUT2D eigenvalue weighted by Gasteiger charge is 2.06. The fourth-order valence-corrected chi connectivity index (χ4v) is 3.01. The van der Waals surface area contributed by atoms with Crippen molar-refractivity contribution in [1.82, 2.24) is 5.32 Å². The maximum absolute atomic E-state index is 3.68. The number of rotatable bonds is 8. The van der Waals surface area contributed by atoms with Gasteiger partial charge in [-0.15, -0.1) is 0 Å². The van der Waals surface area contributed by atoms with Crippen molar-refractivity contribution >= 4 is 33.4 Å². The van der Waals surface area contributed by atoms with Crippen LogP contribution in [0.25, 0.3) is 0 Å². The van der Waals surface area contributed by atoms with Gasteiger partial charge in [-0.05, 0) is 52.3 Å². The fraction of sp³-hybridized carbons (Fsp3) is 0.600. The number of nitrogens with zero attached hydrogens (tertiary/aromatic N) is 1. The van der Waals surface area contributed by atoms with Gasteiger partial charge in [0.15, 0.2) is 0 Å². The van der Waals surface area contributed by atoms with E-state index in [1.165, 1.54) is 15.7 Å². The molecule has 2 nitrogen and oxygen atoms in total. The SMILES string of the molecule is CSCCN(C)c1ccc(CNCC(C)C)cc1Br. The summed E-state index contributed by atoms with van der Waals surface area (Å²) in [5.41, 5.74) is 2.59. The van der Waals surface area contributed by atoms with Crippen molar-refractivity contribution < 1.29 is 0 Å². The highest BCUT2D eigenvalue weighted by atomic mass is 79.9. The third kappa shape index (κ3) is 6.19. The largest absolute Gasteiger partial charge is 0.373 e. The van der Waals surface area contributed by atoms with Crippen molar-refractivity contribution in [2.75, 3.05) is 37.0 Å². The number of hydrogen-bond donors (Lipinski definition) is 1. The van der Waals surface area contributed by atoms with Crippen LogP contribution in [0.2, 0.25) is 0 Å². The van der Waals surface area contributed by atoms with Crippen LogP contribution in [0.15, 0.2) is 22.7 Å². The van der Waals surface area contributed by atoms with E-state index in [0.29, 0.717) is 5.92 Å². The lowest BCUT2D eigenvalue weighted by atomic mass is 10.1. The van der Waals surface area contributed by atoms with Gasteiger partial charge < -0.3 is 10.2 Å². The maximum atomic E-state index is 3.68. The molecule has 0 unspecified atom stereocenters. The molecule has 0 heterocycles. The lowest BCUT2D eigenvalue weighted by molar-refractivity contribution is 0.552. The average Bonchev–Trinajstić information content (AvgIpc) is 2.35. The third-order valence-electron chi connectivity index (χ3n) is 2.94. The molecule has 1 rings (SSSR count). The van der Waals surface area contributed by atoms with E-state index in [1.54, 1.807) is 0 Å². The normalized spacial score (nSPS) is 11.1. The topological polar surface area (TPSA) is 15.3 Å². The van der Waals surface area contributed by atoms with E-state index in [4.69, 9.17) is 0 Å². The molecule has 1 aromatic carbocycles. The second kappa shape index (κ2) is 8.88. The Morgan fingerprint density at radius 3 is 2.68 bits per heavy atom. The molecule has 1 N–H and O–H groups in total. The van der Waals surface area contributed by atoms with Gasteiger partial charge in [0.05, 0.1) is 5.69 Å². The molecule has 0 fully saturated rings. The lowest BCUT2D eigenvalue weighted by Gasteiger charge is -2.21. The molecule has 0 atom stereocenters. The number of thioether (sulfide) groups is 1. The minimum absolute atomic E-state index is 0.695. The Kier molecular flexibility index (Phi) is 7.88. The molecular weight excluding hydrogens is 320 g/mol. The number of hydrogen-bond acceptors (Lipinski definition) is 3. The van der Waals surface area contributed by atoms with Gasteiger partial charge in [0.2, 0.25) is 0 Å².